The van der Waals surface area contributed by atoms with Crippen LogP contribution in [0.15, 0.2) is 29.3 Å². The van der Waals surface area contributed by atoms with Crippen LogP contribution in [-0.2, 0) is 13.6 Å². The average Bonchev–Trinajstić information content (AvgIpc) is 3.08. The van der Waals surface area contributed by atoms with Crippen LogP contribution < -0.4 is 10.5 Å². The van der Waals surface area contributed by atoms with Crippen molar-refractivity contribution in [1.29, 1.82) is 0 Å². The molecule has 1 aliphatic heterocycles. The van der Waals surface area contributed by atoms with Gasteiger partial charge in [-0.3, -0.25) is 9.69 Å². The molecule has 0 unspecified atom stereocenters. The lowest BCUT2D eigenvalue weighted by atomic mass is 9.96. The van der Waals surface area contributed by atoms with Crippen LogP contribution in [0.5, 0.6) is 0 Å². The number of aromatic nitrogens is 6. The number of hydrogen-bond donors (Lipinski definition) is 0. The summed E-state index contributed by atoms with van der Waals surface area (Å²) in [7, 11) is 5.66. The predicted octanol–water partition coefficient (Wildman–Crippen LogP) is 0.664. The third-order valence-corrected chi connectivity index (χ3v) is 5.10. The summed E-state index contributed by atoms with van der Waals surface area (Å²) in [6.45, 7) is 2.57. The number of rotatable bonds is 4. The molecule has 27 heavy (non-hydrogen) atoms. The van der Waals surface area contributed by atoms with Gasteiger partial charge >= 0.3 is 0 Å². The van der Waals surface area contributed by atoms with E-state index in [9.17, 15) is 4.79 Å². The number of hydrogen-bond acceptors (Lipinski definition) is 7. The summed E-state index contributed by atoms with van der Waals surface area (Å²) in [6.07, 6.45) is 3.56. The minimum Gasteiger partial charge on any atom is -0.361 e. The van der Waals surface area contributed by atoms with Gasteiger partial charge in [-0.1, -0.05) is 0 Å². The smallest absolute Gasteiger partial charge is 0.253 e. The Hall–Kier alpha value is -2.81. The molecular weight excluding hydrogens is 344 g/mol. The van der Waals surface area contributed by atoms with Crippen molar-refractivity contribution in [3.05, 3.63) is 46.4 Å². The summed E-state index contributed by atoms with van der Waals surface area (Å²) in [6, 6.07) is 5.52. The lowest BCUT2D eigenvalue weighted by molar-refractivity contribution is 0.198. The molecule has 9 heteroatoms. The van der Waals surface area contributed by atoms with Gasteiger partial charge in [-0.2, -0.15) is 4.52 Å². The molecular formula is C18H24N8O. The SMILES string of the molecule is CN(C)c1ccc2nnc(C3CCN(Cc4cc(=O)n(C)cn4)CC3)n2n1. The highest BCUT2D eigenvalue weighted by Gasteiger charge is 2.25. The van der Waals surface area contributed by atoms with Crippen LogP contribution in [0.1, 0.15) is 30.3 Å². The molecule has 3 aromatic rings. The van der Waals surface area contributed by atoms with E-state index in [0.717, 1.165) is 48.9 Å². The monoisotopic (exact) mass is 368 g/mol. The molecule has 4 heterocycles. The first-order valence-corrected chi connectivity index (χ1v) is 9.15. The zero-order chi connectivity index (χ0) is 19.0. The van der Waals surface area contributed by atoms with Gasteiger partial charge in [0, 0.05) is 39.7 Å². The Labute approximate surface area is 157 Å². The lowest BCUT2D eigenvalue weighted by Crippen LogP contribution is -2.34. The maximum atomic E-state index is 11.8. The van der Waals surface area contributed by atoms with E-state index < -0.39 is 0 Å². The van der Waals surface area contributed by atoms with Gasteiger partial charge in [-0.25, -0.2) is 4.98 Å². The Kier molecular flexibility index (Phi) is 4.61. The quantitative estimate of drug-likeness (QED) is 0.669. The van der Waals surface area contributed by atoms with Crippen molar-refractivity contribution >= 4 is 11.5 Å². The maximum absolute atomic E-state index is 11.8. The van der Waals surface area contributed by atoms with Gasteiger partial charge in [-0.05, 0) is 38.1 Å². The number of aryl methyl sites for hydroxylation is 1. The normalized spacial score (nSPS) is 16.1. The Morgan fingerprint density at radius 1 is 1.19 bits per heavy atom. The second-order valence-corrected chi connectivity index (χ2v) is 7.29. The Morgan fingerprint density at radius 3 is 2.67 bits per heavy atom. The number of likely N-dealkylation sites (tertiary alicyclic amines) is 1. The van der Waals surface area contributed by atoms with Crippen LogP contribution >= 0.6 is 0 Å². The maximum Gasteiger partial charge on any atom is 0.253 e. The Balaban J connectivity index is 1.46. The molecule has 1 fully saturated rings. The van der Waals surface area contributed by atoms with Crippen molar-refractivity contribution < 1.29 is 0 Å². The van der Waals surface area contributed by atoms with Crippen molar-refractivity contribution in [2.75, 3.05) is 32.1 Å². The number of fused-ring (bicyclic) bond motifs is 1. The first-order valence-electron chi connectivity index (χ1n) is 9.15. The van der Waals surface area contributed by atoms with E-state index >= 15 is 0 Å². The van der Waals surface area contributed by atoms with Gasteiger partial charge in [0.2, 0.25) is 0 Å². The fourth-order valence-electron chi connectivity index (χ4n) is 3.45. The van der Waals surface area contributed by atoms with Crippen LogP contribution in [0.4, 0.5) is 5.82 Å². The topological polar surface area (TPSA) is 84.5 Å². The minimum absolute atomic E-state index is 0.0208. The summed E-state index contributed by atoms with van der Waals surface area (Å²) in [5, 5.41) is 13.3. The molecule has 0 radical (unpaired) electrons. The Bertz CT molecular complexity index is 1000. The summed E-state index contributed by atoms with van der Waals surface area (Å²) in [4.78, 5) is 20.4. The Morgan fingerprint density at radius 2 is 1.96 bits per heavy atom. The molecule has 1 saturated heterocycles. The van der Waals surface area contributed by atoms with Crippen molar-refractivity contribution in [3.63, 3.8) is 0 Å². The number of anilines is 1. The van der Waals surface area contributed by atoms with Crippen LogP contribution in [0.25, 0.3) is 5.65 Å². The second kappa shape index (κ2) is 7.07. The highest BCUT2D eigenvalue weighted by atomic mass is 16.1. The molecule has 0 atom stereocenters. The van der Waals surface area contributed by atoms with Crippen LogP contribution in [0.2, 0.25) is 0 Å². The average molecular weight is 368 g/mol. The fourth-order valence-corrected chi connectivity index (χ4v) is 3.45. The molecule has 4 rings (SSSR count). The van der Waals surface area contributed by atoms with E-state index in [1.807, 2.05) is 35.6 Å². The lowest BCUT2D eigenvalue weighted by Gasteiger charge is -2.30. The van der Waals surface area contributed by atoms with E-state index in [4.69, 9.17) is 0 Å². The molecule has 0 aliphatic carbocycles. The van der Waals surface area contributed by atoms with Gasteiger partial charge < -0.3 is 9.47 Å². The summed E-state index contributed by atoms with van der Waals surface area (Å²) in [5.74, 6) is 2.15. The number of nitrogens with zero attached hydrogens (tertiary/aromatic N) is 8. The molecule has 3 aromatic heterocycles. The molecule has 9 nitrogen and oxygen atoms in total. The molecule has 0 saturated carbocycles. The van der Waals surface area contributed by atoms with Gasteiger partial charge in [0.05, 0.1) is 12.0 Å². The van der Waals surface area contributed by atoms with E-state index in [1.54, 1.807) is 19.4 Å². The van der Waals surface area contributed by atoms with E-state index in [0.29, 0.717) is 12.5 Å². The van der Waals surface area contributed by atoms with Crippen LogP contribution in [0, 0.1) is 0 Å². The van der Waals surface area contributed by atoms with Gasteiger partial charge in [-0.15, -0.1) is 15.3 Å². The minimum atomic E-state index is -0.0208. The molecule has 0 amide bonds. The molecule has 0 spiro atoms. The third kappa shape index (κ3) is 3.55. The molecule has 0 bridgehead atoms. The second-order valence-electron chi connectivity index (χ2n) is 7.29. The van der Waals surface area contributed by atoms with Gasteiger partial charge in [0.1, 0.15) is 5.82 Å². The van der Waals surface area contributed by atoms with Crippen molar-refractivity contribution in [3.8, 4) is 0 Å². The van der Waals surface area contributed by atoms with Gasteiger partial charge in [0.25, 0.3) is 5.56 Å². The summed E-state index contributed by atoms with van der Waals surface area (Å²) < 4.78 is 3.36. The standard InChI is InChI=1S/C18H24N8O/c1-23(2)16-5-4-15-20-21-18(26(15)22-16)13-6-8-25(9-7-13)11-14-10-17(27)24(3)12-19-14/h4-5,10,12-13H,6-9,11H2,1-3H3. The molecule has 1 aliphatic rings. The first-order chi connectivity index (χ1) is 13.0. The predicted molar refractivity (Wildman–Crippen MR) is 102 cm³/mol. The van der Waals surface area contributed by atoms with Crippen molar-refractivity contribution in [1.82, 2.24) is 34.3 Å². The summed E-state index contributed by atoms with van der Waals surface area (Å²) >= 11 is 0. The van der Waals surface area contributed by atoms with Crippen molar-refractivity contribution in [2.45, 2.75) is 25.3 Å². The van der Waals surface area contributed by atoms with Crippen LogP contribution in [0.3, 0.4) is 0 Å². The van der Waals surface area contributed by atoms with E-state index in [1.165, 1.54) is 4.57 Å². The largest absolute Gasteiger partial charge is 0.361 e. The first kappa shape index (κ1) is 17.6. The zero-order valence-electron chi connectivity index (χ0n) is 15.9. The molecule has 142 valence electrons. The highest BCUT2D eigenvalue weighted by Crippen LogP contribution is 2.27. The highest BCUT2D eigenvalue weighted by molar-refractivity contribution is 5.45. The molecule has 0 aromatic carbocycles. The summed E-state index contributed by atoms with van der Waals surface area (Å²) in [5.41, 5.74) is 1.58. The van der Waals surface area contributed by atoms with Gasteiger partial charge in [0.15, 0.2) is 11.5 Å². The van der Waals surface area contributed by atoms with E-state index in [2.05, 4.69) is 25.2 Å². The van der Waals surface area contributed by atoms with Crippen LogP contribution in [-0.4, -0.2) is 61.4 Å². The van der Waals surface area contributed by atoms with E-state index in [-0.39, 0.29) is 5.56 Å². The molecule has 0 N–H and O–H groups in total. The fraction of sp³-hybridized carbons (Fsp3) is 0.500. The number of piperidine rings is 1. The zero-order valence-corrected chi connectivity index (χ0v) is 15.9. The van der Waals surface area contributed by atoms with Crippen molar-refractivity contribution in [2.24, 2.45) is 7.05 Å². The third-order valence-electron chi connectivity index (χ3n) is 5.10.